The molecule has 0 aliphatic carbocycles. The number of nitrogens with two attached hydrogens (primary N) is 2. The average Bonchev–Trinajstić information content (AvgIpc) is 2.65. The Morgan fingerprint density at radius 1 is 1.47 bits per heavy atom. The van der Waals surface area contributed by atoms with Crippen molar-refractivity contribution in [1.82, 2.24) is 15.2 Å². The van der Waals surface area contributed by atoms with Crippen LogP contribution in [0, 0.1) is 0 Å². The summed E-state index contributed by atoms with van der Waals surface area (Å²) < 4.78 is 0.980. The maximum absolute atomic E-state index is 11.4. The average molecular weight is 238 g/mol. The van der Waals surface area contributed by atoms with E-state index < -0.39 is 6.03 Å². The Balaban J connectivity index is 2.65. The number of fused-ring (bicyclic) bond motifs is 1. The molecule has 9 nitrogen and oxygen atoms in total. The van der Waals surface area contributed by atoms with Gasteiger partial charge >= 0.3 is 6.03 Å². The number of nitrogen functional groups attached to an aromatic ring is 2. The molecule has 1 aromatic carbocycles. The normalized spacial score (nSPS) is 10.5. The number of amides is 1. The molecule has 90 valence electrons. The maximum atomic E-state index is 11.4. The van der Waals surface area contributed by atoms with Gasteiger partial charge in [0.2, 0.25) is 0 Å². The molecular weight excluding hydrogens is 228 g/mol. The van der Waals surface area contributed by atoms with E-state index in [1.54, 1.807) is 0 Å². The number of hydrogen-bond donors (Lipinski definition) is 5. The number of aromatic nitrogens is 2. The Hall–Kier alpha value is -2.36. The summed E-state index contributed by atoms with van der Waals surface area (Å²) in [6.45, 7) is 0. The molecule has 17 heavy (non-hydrogen) atoms. The molecule has 0 atom stereocenters. The predicted molar refractivity (Wildman–Crippen MR) is 58.3 cm³/mol. The third-order valence-electron chi connectivity index (χ3n) is 2.24. The number of nitrogens with zero attached hydrogens (tertiary/aromatic N) is 3. The number of benzene rings is 1. The fourth-order valence-corrected chi connectivity index (χ4v) is 1.47. The van der Waals surface area contributed by atoms with Gasteiger partial charge in [-0.2, -0.15) is 4.68 Å². The van der Waals surface area contributed by atoms with Crippen LogP contribution < -0.4 is 22.2 Å². The van der Waals surface area contributed by atoms with E-state index in [4.69, 9.17) is 22.0 Å². The van der Waals surface area contributed by atoms with Gasteiger partial charge < -0.3 is 5.73 Å². The highest BCUT2D eigenvalue weighted by Gasteiger charge is 2.14. The Labute approximate surface area is 94.7 Å². The van der Waals surface area contributed by atoms with Crippen LogP contribution in [0.4, 0.5) is 16.3 Å². The molecule has 0 fully saturated rings. The maximum Gasteiger partial charge on any atom is 0.356 e. The van der Waals surface area contributed by atoms with E-state index >= 15 is 0 Å². The van der Waals surface area contributed by atoms with E-state index in [1.807, 2.05) is 5.43 Å². The van der Waals surface area contributed by atoms with E-state index in [0.717, 1.165) is 4.68 Å². The summed E-state index contributed by atoms with van der Waals surface area (Å²) in [6.07, 6.45) is 0. The highest BCUT2D eigenvalue weighted by Crippen LogP contribution is 2.25. The van der Waals surface area contributed by atoms with E-state index in [-0.39, 0.29) is 16.7 Å². The third-order valence-corrected chi connectivity index (χ3v) is 2.24. The van der Waals surface area contributed by atoms with Crippen molar-refractivity contribution in [2.24, 2.45) is 5.84 Å². The van der Waals surface area contributed by atoms with E-state index in [2.05, 4.69) is 5.10 Å². The van der Waals surface area contributed by atoms with Gasteiger partial charge in [-0.3, -0.25) is 15.8 Å². The molecule has 0 aliphatic heterocycles. The Morgan fingerprint density at radius 3 is 2.76 bits per heavy atom. The van der Waals surface area contributed by atoms with E-state index in [0.29, 0.717) is 10.9 Å². The van der Waals surface area contributed by atoms with Crippen molar-refractivity contribution < 1.29 is 15.2 Å². The fraction of sp³-hybridized carbons (Fsp3) is 0. The Morgan fingerprint density at radius 2 is 2.18 bits per heavy atom. The molecule has 2 aromatic rings. The minimum absolute atomic E-state index is 0.0563. The number of nitrogens with one attached hydrogen (secondary N) is 1. The monoisotopic (exact) mass is 238 g/mol. The lowest BCUT2D eigenvalue weighted by molar-refractivity contribution is 0.0292. The van der Waals surface area contributed by atoms with Gasteiger partial charge in [0.15, 0.2) is 5.82 Å². The number of carbonyl (C=O) groups excluding carboxylic acids is 1. The molecule has 7 N–H and O–H groups in total. The van der Waals surface area contributed by atoms with Gasteiger partial charge in [0.05, 0.1) is 11.2 Å². The van der Waals surface area contributed by atoms with Crippen LogP contribution in [0.2, 0.25) is 0 Å². The summed E-state index contributed by atoms with van der Waals surface area (Å²) >= 11 is 0. The zero-order valence-corrected chi connectivity index (χ0v) is 8.53. The van der Waals surface area contributed by atoms with Crippen LogP contribution in [0.5, 0.6) is 0 Å². The molecule has 0 spiro atoms. The standard InChI is InChI=1S/C8H10N6O3/c9-7-5-3-4(14(16)17)1-2-6(5)13(12-7)8(15)11-10/h1-3,16-17H,10H2,(H2,9,12)(H,11,15). The van der Waals surface area contributed by atoms with Gasteiger partial charge in [0.25, 0.3) is 0 Å². The largest absolute Gasteiger partial charge is 0.382 e. The van der Waals surface area contributed by atoms with Crippen molar-refractivity contribution in [2.45, 2.75) is 0 Å². The van der Waals surface area contributed by atoms with Gasteiger partial charge in [-0.1, -0.05) is 0 Å². The van der Waals surface area contributed by atoms with Crippen LogP contribution in [0.3, 0.4) is 0 Å². The smallest absolute Gasteiger partial charge is 0.356 e. The van der Waals surface area contributed by atoms with Crippen molar-refractivity contribution in [3.05, 3.63) is 18.2 Å². The number of carbonyl (C=O) groups is 1. The van der Waals surface area contributed by atoms with Crippen LogP contribution in [-0.2, 0) is 0 Å². The summed E-state index contributed by atoms with van der Waals surface area (Å²) in [6, 6.07) is 3.56. The molecule has 0 bridgehead atoms. The van der Waals surface area contributed by atoms with Crippen LogP contribution in [-0.4, -0.2) is 26.2 Å². The first-order valence-electron chi connectivity index (χ1n) is 4.51. The second kappa shape index (κ2) is 3.90. The van der Waals surface area contributed by atoms with E-state index in [9.17, 15) is 4.79 Å². The molecule has 0 saturated heterocycles. The van der Waals surface area contributed by atoms with Crippen molar-refractivity contribution in [3.63, 3.8) is 0 Å². The molecule has 0 radical (unpaired) electrons. The van der Waals surface area contributed by atoms with E-state index in [1.165, 1.54) is 18.2 Å². The minimum atomic E-state index is -0.649. The van der Waals surface area contributed by atoms with Crippen molar-refractivity contribution in [3.8, 4) is 0 Å². The fourth-order valence-electron chi connectivity index (χ4n) is 1.47. The molecule has 0 unspecified atom stereocenters. The van der Waals surface area contributed by atoms with Gasteiger partial charge in [0, 0.05) is 5.39 Å². The molecule has 1 amide bonds. The predicted octanol–water partition coefficient (Wildman–Crippen LogP) is -0.365. The molecule has 0 aliphatic rings. The molecule has 1 aromatic heterocycles. The highest BCUT2D eigenvalue weighted by molar-refractivity contribution is 5.97. The lowest BCUT2D eigenvalue weighted by Crippen LogP contribution is -2.34. The van der Waals surface area contributed by atoms with Gasteiger partial charge in [-0.05, 0) is 18.2 Å². The first-order chi connectivity index (χ1) is 8.04. The van der Waals surface area contributed by atoms with Crippen LogP contribution in [0.25, 0.3) is 10.9 Å². The van der Waals surface area contributed by atoms with Gasteiger partial charge in [-0.25, -0.2) is 10.6 Å². The van der Waals surface area contributed by atoms with Crippen LogP contribution >= 0.6 is 0 Å². The summed E-state index contributed by atoms with van der Waals surface area (Å²) in [4.78, 5) is 11.4. The number of hydrazine groups is 1. The summed E-state index contributed by atoms with van der Waals surface area (Å²) in [5.74, 6) is 5.07. The van der Waals surface area contributed by atoms with Crippen molar-refractivity contribution in [2.75, 3.05) is 11.0 Å². The zero-order chi connectivity index (χ0) is 12.6. The molecule has 0 saturated carbocycles. The number of hydrogen-bond acceptors (Lipinski definition) is 7. The lowest BCUT2D eigenvalue weighted by atomic mass is 10.2. The van der Waals surface area contributed by atoms with Gasteiger partial charge in [-0.15, -0.1) is 10.3 Å². The first kappa shape index (κ1) is 11.1. The summed E-state index contributed by atoms with van der Waals surface area (Å²) in [5, 5.41) is 21.8. The first-order valence-corrected chi connectivity index (χ1v) is 4.51. The molecule has 2 rings (SSSR count). The Kier molecular flexibility index (Phi) is 2.55. The second-order valence-electron chi connectivity index (χ2n) is 3.24. The highest BCUT2D eigenvalue weighted by atomic mass is 16.8. The Bertz CT molecular complexity index is 578. The molecule has 1 heterocycles. The summed E-state index contributed by atoms with van der Waals surface area (Å²) in [5.41, 5.74) is 8.02. The van der Waals surface area contributed by atoms with Crippen molar-refractivity contribution in [1.29, 1.82) is 0 Å². The number of anilines is 2. The van der Waals surface area contributed by atoms with Gasteiger partial charge in [0.1, 0.15) is 0 Å². The topological polar surface area (TPSA) is 143 Å². The minimum Gasteiger partial charge on any atom is -0.382 e. The lowest BCUT2D eigenvalue weighted by Gasteiger charge is -2.07. The molecular formula is C8H10N6O3. The second-order valence-corrected chi connectivity index (χ2v) is 3.24. The number of rotatable bonds is 1. The SMILES string of the molecule is NNC(=O)n1nc(N)c2cc(N(O)O)ccc21. The van der Waals surface area contributed by atoms with Crippen molar-refractivity contribution >= 4 is 28.4 Å². The van der Waals surface area contributed by atoms with Crippen LogP contribution in [0.1, 0.15) is 0 Å². The summed E-state index contributed by atoms with van der Waals surface area (Å²) in [7, 11) is 0. The quantitative estimate of drug-likeness (QED) is 0.259. The molecule has 9 heteroatoms. The van der Waals surface area contributed by atoms with Crippen LogP contribution in [0.15, 0.2) is 18.2 Å². The zero-order valence-electron chi connectivity index (χ0n) is 8.53. The third kappa shape index (κ3) is 1.73.